The molecule has 0 aliphatic carbocycles. The molecule has 1 aliphatic heterocycles. The summed E-state index contributed by atoms with van der Waals surface area (Å²) in [6.07, 6.45) is 3.54. The van der Waals surface area contributed by atoms with Crippen molar-refractivity contribution in [1.29, 1.82) is 5.26 Å². The van der Waals surface area contributed by atoms with E-state index in [1.54, 1.807) is 11.4 Å². The number of carbonyl (C=O) groups excluding carboxylic acids is 2. The van der Waals surface area contributed by atoms with Gasteiger partial charge in [0.05, 0.1) is 17.6 Å². The number of rotatable bonds is 7. The Morgan fingerprint density at radius 2 is 1.91 bits per heavy atom. The lowest BCUT2D eigenvalue weighted by Crippen LogP contribution is -2.32. The van der Waals surface area contributed by atoms with Crippen LogP contribution in [-0.4, -0.2) is 51.4 Å². The summed E-state index contributed by atoms with van der Waals surface area (Å²) in [5, 5.41) is 13.5. The second-order valence-electron chi connectivity index (χ2n) is 7.08. The van der Waals surface area contributed by atoms with E-state index in [0.29, 0.717) is 23.7 Å². The summed E-state index contributed by atoms with van der Waals surface area (Å²) in [4.78, 5) is 24.7. The normalized spacial score (nSPS) is 14.8. The van der Waals surface area contributed by atoms with Gasteiger partial charge < -0.3 is 14.8 Å². The number of benzene rings is 1. The van der Waals surface area contributed by atoms with Gasteiger partial charge in [0.2, 0.25) is 10.0 Å². The van der Waals surface area contributed by atoms with Crippen LogP contribution in [0.15, 0.2) is 34.5 Å². The molecule has 0 saturated carbocycles. The van der Waals surface area contributed by atoms with Gasteiger partial charge in [-0.15, -0.1) is 11.3 Å². The number of amides is 1. The van der Waals surface area contributed by atoms with Gasteiger partial charge in [0, 0.05) is 13.1 Å². The quantitative estimate of drug-likeness (QED) is 0.608. The smallest absolute Gasteiger partial charge is 0.342 e. The van der Waals surface area contributed by atoms with E-state index < -0.39 is 28.5 Å². The van der Waals surface area contributed by atoms with Crippen LogP contribution in [0.2, 0.25) is 0 Å². The van der Waals surface area contributed by atoms with E-state index in [4.69, 9.17) is 14.7 Å². The Balaban J connectivity index is 1.74. The van der Waals surface area contributed by atoms with E-state index in [-0.39, 0.29) is 16.2 Å². The first kappa shape index (κ1) is 23.7. The van der Waals surface area contributed by atoms with Gasteiger partial charge in [-0.05, 0) is 42.5 Å². The molecule has 1 aromatic heterocycles. The first-order chi connectivity index (χ1) is 15.4. The number of sulfonamides is 1. The Labute approximate surface area is 190 Å². The van der Waals surface area contributed by atoms with E-state index in [2.05, 4.69) is 5.32 Å². The van der Waals surface area contributed by atoms with Crippen molar-refractivity contribution in [1.82, 2.24) is 4.31 Å². The molecule has 3 rings (SSSR count). The average Bonchev–Trinajstić information content (AvgIpc) is 3.05. The van der Waals surface area contributed by atoms with Gasteiger partial charge in [-0.25, -0.2) is 13.2 Å². The SMILES string of the molecule is COc1ccc(S(=O)(=O)N2CCCCCC2)cc1C(=O)OCC(=O)Nc1sccc1C#N. The van der Waals surface area contributed by atoms with Gasteiger partial charge in [-0.2, -0.15) is 9.57 Å². The number of esters is 1. The van der Waals surface area contributed by atoms with Gasteiger partial charge >= 0.3 is 5.97 Å². The minimum Gasteiger partial charge on any atom is -0.496 e. The number of ether oxygens (including phenoxy) is 2. The van der Waals surface area contributed by atoms with Gasteiger partial charge in [-0.1, -0.05) is 12.8 Å². The van der Waals surface area contributed by atoms with E-state index in [9.17, 15) is 18.0 Å². The second kappa shape index (κ2) is 10.6. The molecule has 2 aromatic rings. The van der Waals surface area contributed by atoms with E-state index in [1.807, 2.05) is 6.07 Å². The van der Waals surface area contributed by atoms with Crippen molar-refractivity contribution in [2.75, 3.05) is 32.1 Å². The molecule has 0 radical (unpaired) electrons. The highest BCUT2D eigenvalue weighted by Crippen LogP contribution is 2.27. The van der Waals surface area contributed by atoms with Crippen LogP contribution in [0, 0.1) is 11.3 Å². The number of nitrogens with one attached hydrogen (secondary N) is 1. The van der Waals surface area contributed by atoms with Crippen molar-refractivity contribution in [3.8, 4) is 11.8 Å². The van der Waals surface area contributed by atoms with E-state index >= 15 is 0 Å². The maximum atomic E-state index is 13.1. The zero-order valence-corrected chi connectivity index (χ0v) is 19.1. The van der Waals surface area contributed by atoms with Crippen molar-refractivity contribution in [2.24, 2.45) is 0 Å². The molecule has 0 atom stereocenters. The predicted octanol–water partition coefficient (Wildman–Crippen LogP) is 2.99. The first-order valence-corrected chi connectivity index (χ1v) is 12.3. The van der Waals surface area contributed by atoms with E-state index in [1.165, 1.54) is 41.0 Å². The molecule has 1 amide bonds. The number of anilines is 1. The van der Waals surface area contributed by atoms with Crippen molar-refractivity contribution in [3.05, 3.63) is 40.8 Å². The topological polar surface area (TPSA) is 126 Å². The zero-order chi connectivity index (χ0) is 23.1. The summed E-state index contributed by atoms with van der Waals surface area (Å²) in [6, 6.07) is 7.51. The molecule has 0 spiro atoms. The summed E-state index contributed by atoms with van der Waals surface area (Å²) >= 11 is 1.17. The molecule has 32 heavy (non-hydrogen) atoms. The summed E-state index contributed by atoms with van der Waals surface area (Å²) in [5.74, 6) is -1.38. The number of methoxy groups -OCH3 is 1. The third-order valence-electron chi connectivity index (χ3n) is 4.97. The summed E-state index contributed by atoms with van der Waals surface area (Å²) in [7, 11) is -2.43. The molecule has 2 heterocycles. The molecule has 0 bridgehead atoms. The maximum Gasteiger partial charge on any atom is 0.342 e. The largest absolute Gasteiger partial charge is 0.496 e. The van der Waals surface area contributed by atoms with Crippen LogP contribution >= 0.6 is 11.3 Å². The maximum absolute atomic E-state index is 13.1. The second-order valence-corrected chi connectivity index (χ2v) is 9.93. The Hall–Kier alpha value is -2.94. The van der Waals surface area contributed by atoms with Crippen LogP contribution in [0.1, 0.15) is 41.6 Å². The van der Waals surface area contributed by atoms with Crippen LogP contribution in [-0.2, 0) is 19.6 Å². The lowest BCUT2D eigenvalue weighted by molar-refractivity contribution is -0.119. The molecule has 1 saturated heterocycles. The summed E-state index contributed by atoms with van der Waals surface area (Å²) in [6.45, 7) is 0.261. The summed E-state index contributed by atoms with van der Waals surface area (Å²) < 4.78 is 37.8. The lowest BCUT2D eigenvalue weighted by atomic mass is 10.2. The highest BCUT2D eigenvalue weighted by molar-refractivity contribution is 7.89. The Morgan fingerprint density at radius 1 is 1.19 bits per heavy atom. The highest BCUT2D eigenvalue weighted by atomic mass is 32.2. The van der Waals surface area contributed by atoms with Crippen LogP contribution < -0.4 is 10.1 Å². The Morgan fingerprint density at radius 3 is 2.56 bits per heavy atom. The number of hydrogen-bond acceptors (Lipinski definition) is 8. The fourth-order valence-electron chi connectivity index (χ4n) is 3.30. The minimum absolute atomic E-state index is 0.0335. The zero-order valence-electron chi connectivity index (χ0n) is 17.5. The van der Waals surface area contributed by atoms with Gasteiger partial charge in [0.1, 0.15) is 22.4 Å². The fourth-order valence-corrected chi connectivity index (χ4v) is 5.60. The number of nitriles is 1. The molecule has 11 heteroatoms. The molecule has 170 valence electrons. The van der Waals surface area contributed by atoms with Crippen LogP contribution in [0.3, 0.4) is 0 Å². The first-order valence-electron chi connectivity index (χ1n) is 9.99. The van der Waals surface area contributed by atoms with Crippen molar-refractivity contribution in [2.45, 2.75) is 30.6 Å². The predicted molar refractivity (Wildman–Crippen MR) is 118 cm³/mol. The van der Waals surface area contributed by atoms with Crippen LogP contribution in [0.25, 0.3) is 0 Å². The van der Waals surface area contributed by atoms with Crippen LogP contribution in [0.5, 0.6) is 5.75 Å². The third kappa shape index (κ3) is 5.45. The Kier molecular flexibility index (Phi) is 7.84. The number of carbonyl (C=O) groups is 2. The van der Waals surface area contributed by atoms with Gasteiger partial charge in [-0.3, -0.25) is 4.79 Å². The van der Waals surface area contributed by atoms with Crippen LogP contribution in [0.4, 0.5) is 5.00 Å². The number of thiophene rings is 1. The minimum atomic E-state index is -3.78. The molecule has 1 aromatic carbocycles. The molecule has 1 fully saturated rings. The van der Waals surface area contributed by atoms with Crippen molar-refractivity contribution >= 4 is 38.2 Å². The van der Waals surface area contributed by atoms with Gasteiger partial charge in [0.15, 0.2) is 6.61 Å². The molecule has 0 unspecified atom stereocenters. The monoisotopic (exact) mass is 477 g/mol. The highest BCUT2D eigenvalue weighted by Gasteiger charge is 2.27. The average molecular weight is 478 g/mol. The van der Waals surface area contributed by atoms with Crippen molar-refractivity contribution in [3.63, 3.8) is 0 Å². The molecular weight excluding hydrogens is 454 g/mol. The molecule has 1 aliphatic rings. The van der Waals surface area contributed by atoms with Gasteiger partial charge in [0.25, 0.3) is 5.91 Å². The van der Waals surface area contributed by atoms with Crippen molar-refractivity contribution < 1.29 is 27.5 Å². The third-order valence-corrected chi connectivity index (χ3v) is 7.69. The molecular formula is C21H23N3O6S2. The standard InChI is InChI=1S/C21H23N3O6S2/c1-29-18-7-6-16(32(27,28)24-9-4-2-3-5-10-24)12-17(18)21(26)30-14-19(25)23-20-15(13-22)8-11-31-20/h6-8,11-12H,2-5,9-10,14H2,1H3,(H,23,25). The molecule has 1 N–H and O–H groups in total. The lowest BCUT2D eigenvalue weighted by Gasteiger charge is -2.20. The number of hydrogen-bond donors (Lipinski definition) is 1. The fraction of sp³-hybridized carbons (Fsp3) is 0.381. The molecule has 9 nitrogen and oxygen atoms in total. The number of nitrogens with zero attached hydrogens (tertiary/aromatic N) is 2. The van der Waals surface area contributed by atoms with E-state index in [0.717, 1.165) is 25.7 Å². The Bertz CT molecular complexity index is 1130. The summed E-state index contributed by atoms with van der Waals surface area (Å²) in [5.41, 5.74) is 0.216.